The maximum Gasteiger partial charge on any atom is 0.115 e. The largest absolute Gasteiger partial charge is 0.319 e. The summed E-state index contributed by atoms with van der Waals surface area (Å²) in [4.78, 5) is 20.7. The minimum atomic E-state index is -2.42. The Labute approximate surface area is 308 Å². The zero-order chi connectivity index (χ0) is 36.1. The first kappa shape index (κ1) is 32.8. The van der Waals surface area contributed by atoms with Gasteiger partial charge in [0.15, 0.2) is 0 Å². The highest BCUT2D eigenvalue weighted by molar-refractivity contribution is 7.71. The number of nitrogens with zero attached hydrogens (tertiary/aromatic N) is 4. The van der Waals surface area contributed by atoms with Gasteiger partial charge in [0, 0.05) is 61.4 Å². The molecule has 0 saturated carbocycles. The van der Waals surface area contributed by atoms with E-state index in [1.807, 2.05) is 38.1 Å². The number of aromatic nitrogens is 4. The van der Waals surface area contributed by atoms with Crippen LogP contribution >= 0.6 is 7.14 Å². The first-order valence-corrected chi connectivity index (χ1v) is 20.2. The van der Waals surface area contributed by atoms with Crippen molar-refractivity contribution < 1.29 is 4.57 Å². The molecule has 53 heavy (non-hydrogen) atoms. The standard InChI is InChI=1S/C47H37N4OP/c1-4-53(52,5-2)39-14-8-13-38(29-39)43-26-22-34-18-17-33-21-25-42(50-46(33)47(34)51-43)37-12-7-11-36(28-37)41-24-20-32-16-15-31-19-23-40(48-44(31)45(32)49-41)35-10-6-9-30(3)27-35/h6-29H,4-5H2,1-3H3. The Kier molecular flexibility index (Phi) is 8.17. The van der Waals surface area contributed by atoms with Gasteiger partial charge in [0.25, 0.3) is 0 Å². The number of hydrogen-bond acceptors (Lipinski definition) is 5. The van der Waals surface area contributed by atoms with E-state index in [1.165, 1.54) is 5.56 Å². The van der Waals surface area contributed by atoms with Crippen molar-refractivity contribution in [3.05, 3.63) is 151 Å². The van der Waals surface area contributed by atoms with E-state index >= 15 is 0 Å². The highest BCUT2D eigenvalue weighted by Gasteiger charge is 2.20. The van der Waals surface area contributed by atoms with E-state index in [2.05, 4.69) is 128 Å². The molecule has 9 aromatic rings. The fraction of sp³-hybridized carbons (Fsp3) is 0.106. The summed E-state index contributed by atoms with van der Waals surface area (Å²) in [5.41, 5.74) is 12.3. The lowest BCUT2D eigenvalue weighted by molar-refractivity contribution is 0.582. The predicted octanol–water partition coefficient (Wildman–Crippen LogP) is 11.9. The van der Waals surface area contributed by atoms with Gasteiger partial charge in [-0.05, 0) is 49.4 Å². The Morgan fingerprint density at radius 3 is 1.15 bits per heavy atom. The van der Waals surface area contributed by atoms with Gasteiger partial charge in [-0.2, -0.15) is 0 Å². The van der Waals surface area contributed by atoms with E-state index < -0.39 is 7.14 Å². The second-order valence-corrected chi connectivity index (χ2v) is 17.3. The SMILES string of the molecule is CCP(=O)(CC)c1cccc(-c2ccc3ccc4ccc(-c5cccc(-c6ccc7ccc8ccc(-c9cccc(C)c9)nc8c7n6)c5)nc4c3n2)c1. The number of benzene rings is 5. The predicted molar refractivity (Wildman–Crippen MR) is 222 cm³/mol. The van der Waals surface area contributed by atoms with E-state index in [9.17, 15) is 4.57 Å². The number of fused-ring (bicyclic) bond motifs is 6. The van der Waals surface area contributed by atoms with Gasteiger partial charge < -0.3 is 4.57 Å². The summed E-state index contributed by atoms with van der Waals surface area (Å²) < 4.78 is 13.6. The summed E-state index contributed by atoms with van der Waals surface area (Å²) in [5, 5.41) is 5.08. The van der Waals surface area contributed by atoms with Crippen molar-refractivity contribution in [2.75, 3.05) is 12.3 Å². The average Bonchev–Trinajstić information content (AvgIpc) is 3.22. The molecule has 4 aromatic heterocycles. The zero-order valence-corrected chi connectivity index (χ0v) is 30.8. The third-order valence-electron chi connectivity index (χ3n) is 10.4. The molecule has 0 unspecified atom stereocenters. The van der Waals surface area contributed by atoms with Gasteiger partial charge in [0.2, 0.25) is 0 Å². The van der Waals surface area contributed by atoms with Gasteiger partial charge in [0.05, 0.1) is 44.8 Å². The fourth-order valence-corrected chi connectivity index (χ4v) is 9.24. The normalized spacial score (nSPS) is 11.9. The molecule has 0 N–H and O–H groups in total. The molecule has 0 aliphatic heterocycles. The lowest BCUT2D eigenvalue weighted by Crippen LogP contribution is -2.08. The van der Waals surface area contributed by atoms with Crippen LogP contribution < -0.4 is 5.30 Å². The minimum Gasteiger partial charge on any atom is -0.319 e. The Bertz CT molecular complexity index is 2930. The van der Waals surface area contributed by atoms with E-state index in [-0.39, 0.29) is 0 Å². The Morgan fingerprint density at radius 2 is 0.755 bits per heavy atom. The topological polar surface area (TPSA) is 68.6 Å². The molecule has 0 saturated heterocycles. The van der Waals surface area contributed by atoms with Gasteiger partial charge in [-0.3, -0.25) is 0 Å². The van der Waals surface area contributed by atoms with Gasteiger partial charge in [-0.1, -0.05) is 123 Å². The Balaban J connectivity index is 1.12. The summed E-state index contributed by atoms with van der Waals surface area (Å²) >= 11 is 0. The zero-order valence-electron chi connectivity index (χ0n) is 29.9. The van der Waals surface area contributed by atoms with Crippen molar-refractivity contribution in [3.8, 4) is 45.0 Å². The van der Waals surface area contributed by atoms with Crippen molar-refractivity contribution >= 4 is 56.1 Å². The second-order valence-electron chi connectivity index (χ2n) is 13.7. The third kappa shape index (κ3) is 5.97. The number of aryl methyl sites for hydroxylation is 1. The summed E-state index contributed by atoms with van der Waals surface area (Å²) in [6.45, 7) is 6.12. The van der Waals surface area contributed by atoms with E-state index in [0.29, 0.717) is 12.3 Å². The van der Waals surface area contributed by atoms with Crippen LogP contribution in [0.3, 0.4) is 0 Å². The van der Waals surface area contributed by atoms with Gasteiger partial charge in [0.1, 0.15) is 7.14 Å². The van der Waals surface area contributed by atoms with Gasteiger partial charge >= 0.3 is 0 Å². The van der Waals surface area contributed by atoms with Crippen LogP contribution in [0.5, 0.6) is 0 Å². The highest BCUT2D eigenvalue weighted by Crippen LogP contribution is 2.44. The van der Waals surface area contributed by atoms with Crippen molar-refractivity contribution in [1.29, 1.82) is 0 Å². The molecule has 0 fully saturated rings. The fourth-order valence-electron chi connectivity index (χ4n) is 7.33. The highest BCUT2D eigenvalue weighted by atomic mass is 31.2. The number of hydrogen-bond donors (Lipinski definition) is 0. The van der Waals surface area contributed by atoms with Crippen LogP contribution in [0.25, 0.3) is 88.6 Å². The van der Waals surface area contributed by atoms with Gasteiger partial charge in [-0.25, -0.2) is 19.9 Å². The maximum atomic E-state index is 13.6. The quantitative estimate of drug-likeness (QED) is 0.122. The molecule has 5 nitrogen and oxygen atoms in total. The first-order chi connectivity index (χ1) is 25.9. The minimum absolute atomic E-state index is 0.650. The molecule has 0 amide bonds. The molecule has 0 atom stereocenters. The Morgan fingerprint density at radius 1 is 0.415 bits per heavy atom. The van der Waals surface area contributed by atoms with Crippen molar-refractivity contribution in [2.45, 2.75) is 20.8 Å². The van der Waals surface area contributed by atoms with Crippen molar-refractivity contribution in [1.82, 2.24) is 19.9 Å². The third-order valence-corrected chi connectivity index (χ3v) is 13.7. The van der Waals surface area contributed by atoms with Crippen molar-refractivity contribution in [2.24, 2.45) is 0 Å². The maximum absolute atomic E-state index is 13.6. The van der Waals surface area contributed by atoms with E-state index in [1.54, 1.807) is 0 Å². The van der Waals surface area contributed by atoms with Gasteiger partial charge in [-0.15, -0.1) is 0 Å². The summed E-state index contributed by atoms with van der Waals surface area (Å²) in [6.07, 6.45) is 1.30. The van der Waals surface area contributed by atoms with Crippen LogP contribution in [0.1, 0.15) is 19.4 Å². The van der Waals surface area contributed by atoms with E-state index in [4.69, 9.17) is 19.9 Å². The number of rotatable bonds is 7. The summed E-state index contributed by atoms with van der Waals surface area (Å²) in [5.74, 6) is 0. The Hall–Kier alpha value is -6.03. The molecule has 0 spiro atoms. The van der Waals surface area contributed by atoms with Crippen LogP contribution in [0, 0.1) is 6.92 Å². The van der Waals surface area contributed by atoms with Crippen LogP contribution in [0.2, 0.25) is 0 Å². The monoisotopic (exact) mass is 704 g/mol. The molecule has 0 radical (unpaired) electrons. The molecular weight excluding hydrogens is 668 g/mol. The molecule has 5 aromatic carbocycles. The summed E-state index contributed by atoms with van der Waals surface area (Å²) in [6, 6.07) is 50.2. The van der Waals surface area contributed by atoms with Crippen molar-refractivity contribution in [3.63, 3.8) is 0 Å². The molecule has 9 rings (SSSR count). The van der Waals surface area contributed by atoms with Crippen LogP contribution in [-0.2, 0) is 4.57 Å². The summed E-state index contributed by atoms with van der Waals surface area (Å²) in [7, 11) is -2.42. The molecule has 0 aliphatic carbocycles. The van der Waals surface area contributed by atoms with E-state index in [0.717, 1.165) is 93.9 Å². The second kappa shape index (κ2) is 13.2. The first-order valence-electron chi connectivity index (χ1n) is 18.2. The molecule has 4 heterocycles. The molecular formula is C47H37N4OP. The smallest absolute Gasteiger partial charge is 0.115 e. The van der Waals surface area contributed by atoms with Crippen LogP contribution in [-0.4, -0.2) is 32.3 Å². The molecule has 6 heteroatoms. The number of pyridine rings is 4. The van der Waals surface area contributed by atoms with Crippen LogP contribution in [0.4, 0.5) is 0 Å². The lowest BCUT2D eigenvalue weighted by Gasteiger charge is -2.15. The molecule has 256 valence electrons. The molecule has 0 aliphatic rings. The lowest BCUT2D eigenvalue weighted by atomic mass is 10.0. The van der Waals surface area contributed by atoms with Crippen LogP contribution in [0.15, 0.2) is 146 Å². The molecule has 0 bridgehead atoms. The average molecular weight is 705 g/mol.